The van der Waals surface area contributed by atoms with E-state index in [2.05, 4.69) is 10.5 Å². The van der Waals surface area contributed by atoms with Crippen molar-refractivity contribution in [1.29, 1.82) is 0 Å². The molecule has 6 heteroatoms. The van der Waals surface area contributed by atoms with Crippen LogP contribution in [0, 0.1) is 12.8 Å². The lowest BCUT2D eigenvalue weighted by atomic mass is 9.96. The molecule has 0 aromatic heterocycles. The number of hydrogen-bond acceptors (Lipinski definition) is 4. The molecule has 132 valence electrons. The summed E-state index contributed by atoms with van der Waals surface area (Å²) in [5, 5.41) is 6.95. The number of nitrogens with zero attached hydrogens (tertiary/aromatic N) is 2. The zero-order chi connectivity index (χ0) is 17.4. The van der Waals surface area contributed by atoms with E-state index in [1.54, 1.807) is 4.90 Å². The third-order valence-corrected chi connectivity index (χ3v) is 5.22. The number of nitrogens with one attached hydrogen (secondary N) is 1. The third kappa shape index (κ3) is 3.38. The first-order chi connectivity index (χ1) is 12.0. The molecule has 1 saturated heterocycles. The van der Waals surface area contributed by atoms with E-state index in [0.29, 0.717) is 43.1 Å². The Balaban J connectivity index is 1.36. The first-order valence-electron chi connectivity index (χ1n) is 8.94. The monoisotopic (exact) mass is 341 g/mol. The summed E-state index contributed by atoms with van der Waals surface area (Å²) in [6, 6.07) is 7.60. The van der Waals surface area contributed by atoms with Gasteiger partial charge in [0.1, 0.15) is 5.71 Å². The van der Waals surface area contributed by atoms with Gasteiger partial charge in [-0.15, -0.1) is 0 Å². The Morgan fingerprint density at radius 1 is 1.40 bits per heavy atom. The fourth-order valence-electron chi connectivity index (χ4n) is 3.50. The van der Waals surface area contributed by atoms with Crippen LogP contribution < -0.4 is 5.32 Å². The lowest BCUT2D eigenvalue weighted by molar-refractivity contribution is -0.115. The van der Waals surface area contributed by atoms with Crippen molar-refractivity contribution in [3.05, 3.63) is 35.4 Å². The Morgan fingerprint density at radius 2 is 2.24 bits per heavy atom. The van der Waals surface area contributed by atoms with Crippen LogP contribution in [0.2, 0.25) is 0 Å². The van der Waals surface area contributed by atoms with Crippen LogP contribution in [0.25, 0.3) is 0 Å². The van der Waals surface area contributed by atoms with Crippen LogP contribution >= 0.6 is 0 Å². The molecule has 25 heavy (non-hydrogen) atoms. The van der Waals surface area contributed by atoms with Crippen LogP contribution in [-0.4, -0.2) is 47.7 Å². The molecule has 1 atom stereocenters. The van der Waals surface area contributed by atoms with Crippen LogP contribution in [-0.2, 0) is 9.63 Å². The molecule has 1 aromatic rings. The van der Waals surface area contributed by atoms with Crippen LogP contribution in [0.1, 0.15) is 41.6 Å². The molecule has 2 amide bonds. The molecule has 4 rings (SSSR count). The molecule has 0 radical (unpaired) electrons. The zero-order valence-corrected chi connectivity index (χ0v) is 14.5. The largest absolute Gasteiger partial charge is 0.386 e. The average molecular weight is 341 g/mol. The van der Waals surface area contributed by atoms with E-state index in [1.165, 1.54) is 12.8 Å². The molecule has 1 aromatic carbocycles. The highest BCUT2D eigenvalue weighted by atomic mass is 16.7. The van der Waals surface area contributed by atoms with Crippen molar-refractivity contribution in [2.75, 3.05) is 19.6 Å². The summed E-state index contributed by atoms with van der Waals surface area (Å²) in [4.78, 5) is 32.3. The van der Waals surface area contributed by atoms with Gasteiger partial charge in [0, 0.05) is 31.5 Å². The summed E-state index contributed by atoms with van der Waals surface area (Å²) in [5.41, 5.74) is 1.67. The topological polar surface area (TPSA) is 71.0 Å². The van der Waals surface area contributed by atoms with Gasteiger partial charge in [-0.2, -0.15) is 0 Å². The van der Waals surface area contributed by atoms with Crippen LogP contribution in [0.15, 0.2) is 29.4 Å². The van der Waals surface area contributed by atoms with Gasteiger partial charge >= 0.3 is 0 Å². The molecule has 1 aliphatic carbocycles. The lowest BCUT2D eigenvalue weighted by Crippen LogP contribution is -2.38. The maximum absolute atomic E-state index is 12.7. The van der Waals surface area contributed by atoms with Crippen molar-refractivity contribution in [3.63, 3.8) is 0 Å². The number of rotatable bonds is 4. The zero-order valence-electron chi connectivity index (χ0n) is 14.5. The molecular formula is C19H23N3O3. The molecule has 2 aliphatic heterocycles. The van der Waals surface area contributed by atoms with E-state index in [1.807, 2.05) is 31.2 Å². The standard InChI is InChI=1S/C19H23N3O3/c1-13-3-2-4-15(9-13)18(24)22-8-7-19(12-22)10-16(21-25-19)17(23)20-11-14-5-6-14/h2-4,9,14H,5-8,10-12H2,1H3,(H,20,23). The number of likely N-dealkylation sites (tertiary alicyclic amines) is 1. The summed E-state index contributed by atoms with van der Waals surface area (Å²) in [6.45, 7) is 3.80. The fourth-order valence-corrected chi connectivity index (χ4v) is 3.50. The molecular weight excluding hydrogens is 318 g/mol. The van der Waals surface area contributed by atoms with E-state index >= 15 is 0 Å². The minimum Gasteiger partial charge on any atom is -0.386 e. The average Bonchev–Trinajstić information content (AvgIpc) is 3.21. The highest BCUT2D eigenvalue weighted by molar-refractivity contribution is 6.39. The first kappa shape index (κ1) is 16.1. The molecule has 0 bridgehead atoms. The maximum atomic E-state index is 12.7. The van der Waals surface area contributed by atoms with Crippen LogP contribution in [0.5, 0.6) is 0 Å². The summed E-state index contributed by atoms with van der Waals surface area (Å²) in [6.07, 6.45) is 3.57. The van der Waals surface area contributed by atoms with Crippen molar-refractivity contribution in [2.45, 2.75) is 38.2 Å². The van der Waals surface area contributed by atoms with Crippen molar-refractivity contribution < 1.29 is 14.4 Å². The minimum absolute atomic E-state index is 0.0100. The molecule has 1 unspecified atom stereocenters. The Morgan fingerprint density at radius 3 is 3.00 bits per heavy atom. The molecule has 2 heterocycles. The van der Waals surface area contributed by atoms with E-state index in [0.717, 1.165) is 12.1 Å². The van der Waals surface area contributed by atoms with Crippen molar-refractivity contribution in [3.8, 4) is 0 Å². The molecule has 3 aliphatic rings. The lowest BCUT2D eigenvalue weighted by Gasteiger charge is -2.21. The van der Waals surface area contributed by atoms with E-state index < -0.39 is 5.60 Å². The van der Waals surface area contributed by atoms with Gasteiger partial charge in [-0.05, 0) is 37.8 Å². The van der Waals surface area contributed by atoms with Crippen LogP contribution in [0.4, 0.5) is 0 Å². The predicted molar refractivity (Wildman–Crippen MR) is 93.3 cm³/mol. The smallest absolute Gasteiger partial charge is 0.269 e. The van der Waals surface area contributed by atoms with Crippen molar-refractivity contribution in [1.82, 2.24) is 10.2 Å². The van der Waals surface area contributed by atoms with Gasteiger partial charge in [-0.25, -0.2) is 0 Å². The first-order valence-corrected chi connectivity index (χ1v) is 8.94. The minimum atomic E-state index is -0.536. The van der Waals surface area contributed by atoms with Gasteiger partial charge < -0.3 is 15.1 Å². The third-order valence-electron chi connectivity index (χ3n) is 5.22. The number of carbonyl (C=O) groups is 2. The number of hydrogen-bond donors (Lipinski definition) is 1. The maximum Gasteiger partial charge on any atom is 0.269 e. The van der Waals surface area contributed by atoms with Crippen LogP contribution in [0.3, 0.4) is 0 Å². The van der Waals surface area contributed by atoms with Crippen molar-refractivity contribution >= 4 is 17.5 Å². The molecule has 6 nitrogen and oxygen atoms in total. The number of benzene rings is 1. The fraction of sp³-hybridized carbons (Fsp3) is 0.526. The van der Waals surface area contributed by atoms with E-state index in [-0.39, 0.29) is 11.8 Å². The van der Waals surface area contributed by atoms with Gasteiger partial charge in [0.15, 0.2) is 5.60 Å². The molecule has 2 fully saturated rings. The molecule has 1 spiro atoms. The summed E-state index contributed by atoms with van der Waals surface area (Å²) in [7, 11) is 0. The Kier molecular flexibility index (Phi) is 3.98. The predicted octanol–water partition coefficient (Wildman–Crippen LogP) is 1.88. The highest BCUT2D eigenvalue weighted by Crippen LogP contribution is 2.34. The highest BCUT2D eigenvalue weighted by Gasteiger charge is 2.48. The second-order valence-electron chi connectivity index (χ2n) is 7.49. The summed E-state index contributed by atoms with van der Waals surface area (Å²) < 4.78 is 0. The van der Waals surface area contributed by atoms with Gasteiger partial charge in [0.05, 0.1) is 6.54 Å². The normalized spacial score (nSPS) is 25.0. The Bertz CT molecular complexity index is 741. The van der Waals surface area contributed by atoms with Gasteiger partial charge in [-0.1, -0.05) is 22.9 Å². The SMILES string of the molecule is Cc1cccc(C(=O)N2CCC3(CC(C(=O)NCC4CC4)=NO3)C2)c1. The number of amides is 2. The van der Waals surface area contributed by atoms with Gasteiger partial charge in [0.25, 0.3) is 11.8 Å². The Labute approximate surface area is 147 Å². The van der Waals surface area contributed by atoms with Gasteiger partial charge in [-0.3, -0.25) is 9.59 Å². The summed E-state index contributed by atoms with van der Waals surface area (Å²) >= 11 is 0. The van der Waals surface area contributed by atoms with E-state index in [9.17, 15) is 9.59 Å². The molecule has 1 N–H and O–H groups in total. The number of aryl methyl sites for hydroxylation is 1. The number of carbonyl (C=O) groups excluding carboxylic acids is 2. The quantitative estimate of drug-likeness (QED) is 0.909. The summed E-state index contributed by atoms with van der Waals surface area (Å²) in [5.74, 6) is 0.512. The second-order valence-corrected chi connectivity index (χ2v) is 7.49. The number of oxime groups is 1. The van der Waals surface area contributed by atoms with E-state index in [4.69, 9.17) is 4.84 Å². The second kappa shape index (κ2) is 6.17. The van der Waals surface area contributed by atoms with Gasteiger partial charge in [0.2, 0.25) is 0 Å². The molecule has 1 saturated carbocycles. The Hall–Kier alpha value is -2.37. The van der Waals surface area contributed by atoms with Crippen molar-refractivity contribution in [2.24, 2.45) is 11.1 Å².